The van der Waals surface area contributed by atoms with Crippen LogP contribution in [0.3, 0.4) is 0 Å². The van der Waals surface area contributed by atoms with E-state index in [1.807, 2.05) is 24.4 Å². The smallest absolute Gasteiger partial charge is 0.267 e. The molecule has 2 aromatic rings. The quantitative estimate of drug-likeness (QED) is 0.331. The number of carbonyl (C=O) groups is 1. The van der Waals surface area contributed by atoms with E-state index in [2.05, 4.69) is 20.2 Å². The van der Waals surface area contributed by atoms with E-state index in [0.717, 1.165) is 31.7 Å². The zero-order valence-electron chi connectivity index (χ0n) is 15.3. The Labute approximate surface area is 193 Å². The number of aromatic nitrogens is 2. The van der Waals surface area contributed by atoms with Crippen molar-refractivity contribution in [3.63, 3.8) is 0 Å². The van der Waals surface area contributed by atoms with E-state index >= 15 is 0 Å². The predicted molar refractivity (Wildman–Crippen MR) is 121 cm³/mol. The summed E-state index contributed by atoms with van der Waals surface area (Å²) in [6.07, 6.45) is 7.16. The molecule has 0 aromatic carbocycles. The van der Waals surface area contributed by atoms with Crippen LogP contribution in [0.1, 0.15) is 17.7 Å². The third kappa shape index (κ3) is 8.34. The molecule has 1 fully saturated rings. The fourth-order valence-corrected chi connectivity index (χ4v) is 3.10. The lowest BCUT2D eigenvalue weighted by Gasteiger charge is -2.17. The van der Waals surface area contributed by atoms with Gasteiger partial charge in [0.05, 0.1) is 10.7 Å². The zero-order valence-corrected chi connectivity index (χ0v) is 18.5. The number of hydroxylamine groups is 1. The molecule has 0 radical (unpaired) electrons. The lowest BCUT2D eigenvalue weighted by atomic mass is 10.2. The monoisotopic (exact) mass is 481 g/mol. The molecule has 0 saturated carbocycles. The van der Waals surface area contributed by atoms with Gasteiger partial charge in [-0.15, -0.1) is 37.2 Å². The maximum absolute atomic E-state index is 11.0. The lowest BCUT2D eigenvalue weighted by molar-refractivity contribution is -0.124. The first-order chi connectivity index (χ1) is 12.6. The molecule has 3 heterocycles. The molecule has 3 N–H and O–H groups in total. The van der Waals surface area contributed by atoms with Crippen molar-refractivity contribution in [2.24, 2.45) is 0 Å². The number of hydrogen-bond donors (Lipinski definition) is 3. The normalized spacial score (nSPS) is 15.7. The molecule has 1 atom stereocenters. The van der Waals surface area contributed by atoms with Gasteiger partial charge in [0.1, 0.15) is 5.82 Å². The van der Waals surface area contributed by atoms with Gasteiger partial charge in [0.15, 0.2) is 0 Å². The van der Waals surface area contributed by atoms with Crippen molar-refractivity contribution in [2.45, 2.75) is 19.0 Å². The first-order valence-corrected chi connectivity index (χ1v) is 8.68. The van der Waals surface area contributed by atoms with Crippen LogP contribution < -0.4 is 10.8 Å². The molecular formula is C18H23Cl4N5O2. The molecule has 0 aliphatic carbocycles. The van der Waals surface area contributed by atoms with E-state index in [9.17, 15) is 4.79 Å². The summed E-state index contributed by atoms with van der Waals surface area (Å²) in [4.78, 5) is 22.1. The molecule has 160 valence electrons. The molecule has 1 amide bonds. The summed E-state index contributed by atoms with van der Waals surface area (Å²) in [5, 5.41) is 12.3. The molecule has 7 nitrogen and oxygen atoms in total. The summed E-state index contributed by atoms with van der Waals surface area (Å²) in [6.45, 7) is 2.71. The molecule has 1 saturated heterocycles. The van der Waals surface area contributed by atoms with Gasteiger partial charge >= 0.3 is 0 Å². The SMILES string of the molecule is Cl.Cl.Cl.O=C(/C=C/c1cnc(N[C@@H]2CCN(Cc3ccccn3)C2)c(Cl)c1)NO. The summed E-state index contributed by atoms with van der Waals surface area (Å²) in [6, 6.07) is 7.94. The van der Waals surface area contributed by atoms with Crippen LogP contribution in [0.15, 0.2) is 42.7 Å². The van der Waals surface area contributed by atoms with Crippen molar-refractivity contribution >= 4 is 66.6 Å². The average molecular weight is 483 g/mol. The van der Waals surface area contributed by atoms with E-state index in [-0.39, 0.29) is 43.3 Å². The number of nitrogens with one attached hydrogen (secondary N) is 2. The Morgan fingerprint density at radius 3 is 2.76 bits per heavy atom. The molecule has 2 aromatic heterocycles. The Hall–Kier alpha value is -1.61. The second kappa shape index (κ2) is 13.6. The first-order valence-electron chi connectivity index (χ1n) is 8.30. The summed E-state index contributed by atoms with van der Waals surface area (Å²) in [5.74, 6) is 0.0161. The minimum Gasteiger partial charge on any atom is -0.365 e. The van der Waals surface area contributed by atoms with Crippen LogP contribution in [0, 0.1) is 0 Å². The predicted octanol–water partition coefficient (Wildman–Crippen LogP) is 3.60. The van der Waals surface area contributed by atoms with Gasteiger partial charge in [0.25, 0.3) is 5.91 Å². The third-order valence-corrected chi connectivity index (χ3v) is 4.41. The largest absolute Gasteiger partial charge is 0.365 e. The number of amides is 1. The molecule has 0 unspecified atom stereocenters. The average Bonchev–Trinajstić information content (AvgIpc) is 3.09. The number of likely N-dealkylation sites (tertiary alicyclic amines) is 1. The van der Waals surface area contributed by atoms with Crippen molar-refractivity contribution < 1.29 is 10.0 Å². The van der Waals surface area contributed by atoms with Gasteiger partial charge < -0.3 is 5.32 Å². The van der Waals surface area contributed by atoms with Crippen LogP contribution in [0.5, 0.6) is 0 Å². The highest BCUT2D eigenvalue weighted by atomic mass is 35.5. The minimum atomic E-state index is -0.609. The topological polar surface area (TPSA) is 90.4 Å². The van der Waals surface area contributed by atoms with Gasteiger partial charge in [-0.3, -0.25) is 19.9 Å². The fourth-order valence-electron chi connectivity index (χ4n) is 2.87. The van der Waals surface area contributed by atoms with Crippen LogP contribution in [0.4, 0.5) is 5.82 Å². The molecule has 3 rings (SSSR count). The van der Waals surface area contributed by atoms with Gasteiger partial charge in [-0.2, -0.15) is 0 Å². The lowest BCUT2D eigenvalue weighted by Crippen LogP contribution is -2.26. The van der Waals surface area contributed by atoms with Crippen LogP contribution >= 0.6 is 48.8 Å². The highest BCUT2D eigenvalue weighted by Gasteiger charge is 2.23. The molecule has 11 heteroatoms. The van der Waals surface area contributed by atoms with E-state index < -0.39 is 5.91 Å². The van der Waals surface area contributed by atoms with Crippen molar-refractivity contribution in [3.05, 3.63) is 59.0 Å². The number of pyridine rings is 2. The van der Waals surface area contributed by atoms with Gasteiger partial charge in [0, 0.05) is 44.1 Å². The summed E-state index contributed by atoms with van der Waals surface area (Å²) >= 11 is 6.29. The van der Waals surface area contributed by atoms with Crippen LogP contribution in [-0.2, 0) is 11.3 Å². The summed E-state index contributed by atoms with van der Waals surface area (Å²) in [7, 11) is 0. The van der Waals surface area contributed by atoms with Crippen LogP contribution in [0.25, 0.3) is 6.08 Å². The standard InChI is InChI=1S/C18H20ClN5O2.3ClH/c19-16-9-13(4-5-17(25)23-26)10-21-18(16)22-15-6-8-24(12-15)11-14-3-1-2-7-20-14;;;/h1-5,7,9-10,15,26H,6,8,11-12H2,(H,21,22)(H,23,25);3*1H/b5-4+;;;/t15-;;;/m1.../s1. The molecule has 0 spiro atoms. The number of hydrogen-bond acceptors (Lipinski definition) is 6. The third-order valence-electron chi connectivity index (χ3n) is 4.12. The number of nitrogens with zero attached hydrogens (tertiary/aromatic N) is 3. The Morgan fingerprint density at radius 1 is 1.31 bits per heavy atom. The van der Waals surface area contributed by atoms with Crippen molar-refractivity contribution in [3.8, 4) is 0 Å². The highest BCUT2D eigenvalue weighted by Crippen LogP contribution is 2.24. The van der Waals surface area contributed by atoms with Gasteiger partial charge in [-0.05, 0) is 36.3 Å². The highest BCUT2D eigenvalue weighted by molar-refractivity contribution is 6.33. The summed E-state index contributed by atoms with van der Waals surface area (Å²) < 4.78 is 0. The fraction of sp³-hybridized carbons (Fsp3) is 0.278. The van der Waals surface area contributed by atoms with Crippen molar-refractivity contribution in [2.75, 3.05) is 18.4 Å². The Bertz CT molecular complexity index is 795. The first kappa shape index (κ1) is 27.4. The Balaban J connectivity index is 0.00000261. The Kier molecular flexibility index (Phi) is 12.8. The second-order valence-corrected chi connectivity index (χ2v) is 6.50. The Morgan fingerprint density at radius 2 is 2.10 bits per heavy atom. The van der Waals surface area contributed by atoms with E-state index in [4.69, 9.17) is 16.8 Å². The van der Waals surface area contributed by atoms with Gasteiger partial charge in [-0.1, -0.05) is 17.7 Å². The van der Waals surface area contributed by atoms with Gasteiger partial charge in [-0.25, -0.2) is 10.5 Å². The molecule has 1 aliphatic heterocycles. The number of carbonyl (C=O) groups excluding carboxylic acids is 1. The second-order valence-electron chi connectivity index (χ2n) is 6.09. The number of anilines is 1. The maximum atomic E-state index is 11.0. The van der Waals surface area contributed by atoms with E-state index in [1.54, 1.807) is 12.3 Å². The zero-order chi connectivity index (χ0) is 18.4. The molecular weight excluding hydrogens is 460 g/mol. The van der Waals surface area contributed by atoms with E-state index in [1.165, 1.54) is 17.6 Å². The molecule has 29 heavy (non-hydrogen) atoms. The molecule has 1 aliphatic rings. The van der Waals surface area contributed by atoms with Crippen LogP contribution in [0.2, 0.25) is 5.02 Å². The van der Waals surface area contributed by atoms with E-state index in [0.29, 0.717) is 16.4 Å². The van der Waals surface area contributed by atoms with Gasteiger partial charge in [0.2, 0.25) is 0 Å². The van der Waals surface area contributed by atoms with Crippen molar-refractivity contribution in [1.29, 1.82) is 0 Å². The number of rotatable bonds is 6. The van der Waals surface area contributed by atoms with Crippen LogP contribution in [-0.4, -0.2) is 45.1 Å². The number of halogens is 4. The summed E-state index contributed by atoms with van der Waals surface area (Å²) in [5.41, 5.74) is 3.27. The minimum absolute atomic E-state index is 0. The van der Waals surface area contributed by atoms with Crippen molar-refractivity contribution in [1.82, 2.24) is 20.3 Å². The molecule has 0 bridgehead atoms. The maximum Gasteiger partial charge on any atom is 0.267 e.